The molecule has 0 aromatic heterocycles. The molecule has 4 heteroatoms. The first kappa shape index (κ1) is 15.2. The van der Waals surface area contributed by atoms with Crippen LogP contribution in [0.5, 0.6) is 5.75 Å². The number of rotatable bonds is 4. The molecule has 1 atom stereocenters. The van der Waals surface area contributed by atoms with Gasteiger partial charge in [-0.2, -0.15) is 0 Å². The fourth-order valence-corrected chi connectivity index (χ4v) is 2.34. The zero-order valence-corrected chi connectivity index (χ0v) is 12.8. The van der Waals surface area contributed by atoms with E-state index in [4.69, 9.17) is 27.9 Å². The van der Waals surface area contributed by atoms with Crippen LogP contribution in [0.2, 0.25) is 10.0 Å². The Morgan fingerprint density at radius 1 is 1.05 bits per heavy atom. The Labute approximate surface area is 128 Å². The minimum absolute atomic E-state index is 0.0807. The van der Waals surface area contributed by atoms with Crippen LogP contribution in [0.3, 0.4) is 0 Å². The van der Waals surface area contributed by atoms with Crippen molar-refractivity contribution in [3.63, 3.8) is 0 Å². The SMILES string of the molecule is CC(C)Oc1cccc(C(O)c2cc(Cl)ccc2Cl)c1. The van der Waals surface area contributed by atoms with Gasteiger partial charge in [-0.3, -0.25) is 0 Å². The molecule has 106 valence electrons. The van der Waals surface area contributed by atoms with Crippen LogP contribution in [0.25, 0.3) is 0 Å². The van der Waals surface area contributed by atoms with Crippen molar-refractivity contribution in [3.05, 3.63) is 63.6 Å². The first-order valence-corrected chi connectivity index (χ1v) is 7.12. The Balaban J connectivity index is 2.33. The predicted octanol–water partition coefficient (Wildman–Crippen LogP) is 4.86. The van der Waals surface area contributed by atoms with E-state index in [1.807, 2.05) is 38.1 Å². The van der Waals surface area contributed by atoms with Crippen LogP contribution in [-0.4, -0.2) is 11.2 Å². The van der Waals surface area contributed by atoms with Gasteiger partial charge in [0, 0.05) is 15.6 Å². The lowest BCUT2D eigenvalue weighted by molar-refractivity contribution is 0.216. The maximum Gasteiger partial charge on any atom is 0.120 e. The van der Waals surface area contributed by atoms with Crippen LogP contribution >= 0.6 is 23.2 Å². The molecule has 0 aliphatic rings. The summed E-state index contributed by atoms with van der Waals surface area (Å²) in [5.41, 5.74) is 1.30. The van der Waals surface area contributed by atoms with Gasteiger partial charge in [0.2, 0.25) is 0 Å². The van der Waals surface area contributed by atoms with E-state index in [9.17, 15) is 5.11 Å². The summed E-state index contributed by atoms with van der Waals surface area (Å²) in [4.78, 5) is 0. The molecule has 2 nitrogen and oxygen atoms in total. The quantitative estimate of drug-likeness (QED) is 0.873. The van der Waals surface area contributed by atoms with Crippen molar-refractivity contribution in [1.82, 2.24) is 0 Å². The third kappa shape index (κ3) is 3.66. The smallest absolute Gasteiger partial charge is 0.120 e. The molecule has 0 bridgehead atoms. The second kappa shape index (κ2) is 6.49. The van der Waals surface area contributed by atoms with Crippen molar-refractivity contribution in [1.29, 1.82) is 0 Å². The van der Waals surface area contributed by atoms with Gasteiger partial charge >= 0.3 is 0 Å². The highest BCUT2D eigenvalue weighted by Gasteiger charge is 2.15. The molecule has 2 aromatic carbocycles. The summed E-state index contributed by atoms with van der Waals surface area (Å²) in [6.07, 6.45) is -0.755. The van der Waals surface area contributed by atoms with Gasteiger partial charge in [-0.05, 0) is 49.7 Å². The molecule has 0 amide bonds. The van der Waals surface area contributed by atoms with Gasteiger partial charge in [-0.1, -0.05) is 35.3 Å². The number of aliphatic hydroxyl groups is 1. The van der Waals surface area contributed by atoms with E-state index >= 15 is 0 Å². The molecule has 2 rings (SSSR count). The van der Waals surface area contributed by atoms with Crippen molar-refractivity contribution < 1.29 is 9.84 Å². The molecular formula is C16H16Cl2O2. The van der Waals surface area contributed by atoms with E-state index in [1.165, 1.54) is 0 Å². The van der Waals surface area contributed by atoms with Crippen molar-refractivity contribution in [2.75, 3.05) is 0 Å². The molecule has 2 aromatic rings. The third-order valence-corrected chi connectivity index (χ3v) is 3.38. The van der Waals surface area contributed by atoms with Gasteiger partial charge in [-0.15, -0.1) is 0 Å². The number of hydrogen-bond donors (Lipinski definition) is 1. The summed E-state index contributed by atoms with van der Waals surface area (Å²) in [7, 11) is 0. The molecule has 0 radical (unpaired) electrons. The van der Waals surface area contributed by atoms with Gasteiger partial charge in [0.25, 0.3) is 0 Å². The zero-order valence-electron chi connectivity index (χ0n) is 11.3. The second-order valence-electron chi connectivity index (χ2n) is 4.81. The fourth-order valence-electron chi connectivity index (χ4n) is 1.93. The number of halogens is 2. The van der Waals surface area contributed by atoms with Crippen LogP contribution in [0.1, 0.15) is 31.1 Å². The summed E-state index contributed by atoms with van der Waals surface area (Å²) < 4.78 is 5.62. The highest BCUT2D eigenvalue weighted by Crippen LogP contribution is 2.31. The molecule has 1 unspecified atom stereocenters. The normalized spacial score (nSPS) is 12.5. The molecule has 0 saturated carbocycles. The maximum atomic E-state index is 10.5. The molecule has 0 aliphatic carbocycles. The molecule has 0 spiro atoms. The van der Waals surface area contributed by atoms with Crippen molar-refractivity contribution in [2.24, 2.45) is 0 Å². The lowest BCUT2D eigenvalue weighted by Gasteiger charge is -2.16. The van der Waals surface area contributed by atoms with E-state index in [1.54, 1.807) is 18.2 Å². The van der Waals surface area contributed by atoms with Gasteiger partial charge < -0.3 is 9.84 Å². The second-order valence-corrected chi connectivity index (χ2v) is 5.65. The lowest BCUT2D eigenvalue weighted by atomic mass is 10.0. The average Bonchev–Trinajstić information content (AvgIpc) is 2.40. The van der Waals surface area contributed by atoms with Gasteiger partial charge in [-0.25, -0.2) is 0 Å². The Hall–Kier alpha value is -1.22. The molecular weight excluding hydrogens is 295 g/mol. The molecule has 0 aliphatic heterocycles. The third-order valence-electron chi connectivity index (χ3n) is 2.80. The van der Waals surface area contributed by atoms with E-state index in [0.29, 0.717) is 21.2 Å². The maximum absolute atomic E-state index is 10.5. The van der Waals surface area contributed by atoms with Crippen LogP contribution in [-0.2, 0) is 0 Å². The van der Waals surface area contributed by atoms with Crippen LogP contribution in [0.15, 0.2) is 42.5 Å². The Bertz CT molecular complexity index is 597. The number of aliphatic hydroxyl groups excluding tert-OH is 1. The lowest BCUT2D eigenvalue weighted by Crippen LogP contribution is -2.06. The molecule has 1 N–H and O–H groups in total. The average molecular weight is 311 g/mol. The molecule has 20 heavy (non-hydrogen) atoms. The van der Waals surface area contributed by atoms with Gasteiger partial charge in [0.05, 0.1) is 6.10 Å². The predicted molar refractivity (Wildman–Crippen MR) is 82.7 cm³/mol. The summed E-state index contributed by atoms with van der Waals surface area (Å²) in [6.45, 7) is 3.91. The van der Waals surface area contributed by atoms with E-state index in [0.717, 1.165) is 5.75 Å². The minimum Gasteiger partial charge on any atom is -0.491 e. The Morgan fingerprint density at radius 3 is 2.50 bits per heavy atom. The van der Waals surface area contributed by atoms with Crippen LogP contribution in [0.4, 0.5) is 0 Å². The number of hydrogen-bond acceptors (Lipinski definition) is 2. The van der Waals surface area contributed by atoms with E-state index < -0.39 is 6.10 Å². The monoisotopic (exact) mass is 310 g/mol. The van der Waals surface area contributed by atoms with Crippen molar-refractivity contribution in [2.45, 2.75) is 26.1 Å². The largest absolute Gasteiger partial charge is 0.491 e. The van der Waals surface area contributed by atoms with Crippen LogP contribution < -0.4 is 4.74 Å². The first-order valence-electron chi connectivity index (χ1n) is 6.37. The Kier molecular flexibility index (Phi) is 4.92. The summed E-state index contributed by atoms with van der Waals surface area (Å²) >= 11 is 12.1. The molecule has 0 heterocycles. The van der Waals surface area contributed by atoms with Gasteiger partial charge in [0.15, 0.2) is 0 Å². The molecule has 0 saturated heterocycles. The Morgan fingerprint density at radius 2 is 1.80 bits per heavy atom. The fraction of sp³-hybridized carbons (Fsp3) is 0.250. The highest BCUT2D eigenvalue weighted by molar-refractivity contribution is 6.33. The summed E-state index contributed by atoms with van der Waals surface area (Å²) in [5.74, 6) is 0.717. The first-order chi connectivity index (χ1) is 9.47. The topological polar surface area (TPSA) is 29.5 Å². The summed E-state index contributed by atoms with van der Waals surface area (Å²) in [5, 5.41) is 11.5. The van der Waals surface area contributed by atoms with E-state index in [2.05, 4.69) is 0 Å². The van der Waals surface area contributed by atoms with Crippen LogP contribution in [0, 0.1) is 0 Å². The standard InChI is InChI=1S/C16H16Cl2O2/c1-10(2)20-13-5-3-4-11(8-13)16(19)14-9-12(17)6-7-15(14)18/h3-10,16,19H,1-2H3. The van der Waals surface area contributed by atoms with Crippen molar-refractivity contribution in [3.8, 4) is 5.75 Å². The highest BCUT2D eigenvalue weighted by atomic mass is 35.5. The zero-order chi connectivity index (χ0) is 14.7. The minimum atomic E-state index is -0.836. The van der Waals surface area contributed by atoms with Gasteiger partial charge in [0.1, 0.15) is 11.9 Å². The van der Waals surface area contributed by atoms with Crippen molar-refractivity contribution >= 4 is 23.2 Å². The van der Waals surface area contributed by atoms with E-state index in [-0.39, 0.29) is 6.10 Å². The number of ether oxygens (including phenoxy) is 1. The molecule has 0 fully saturated rings. The summed E-state index contributed by atoms with van der Waals surface area (Å²) in [6, 6.07) is 12.4. The number of benzene rings is 2.